The van der Waals surface area contributed by atoms with E-state index in [0.717, 1.165) is 43.1 Å². The molecule has 0 radical (unpaired) electrons. The number of nitrogens with zero attached hydrogens (tertiary/aromatic N) is 1. The van der Waals surface area contributed by atoms with E-state index in [0.29, 0.717) is 10.7 Å². The zero-order valence-corrected chi connectivity index (χ0v) is 17.8. The van der Waals surface area contributed by atoms with E-state index in [1.165, 1.54) is 12.8 Å². The smallest absolute Gasteiger partial charge is 0.337 e. The van der Waals surface area contributed by atoms with Gasteiger partial charge in [0.05, 0.1) is 31.9 Å². The summed E-state index contributed by atoms with van der Waals surface area (Å²) in [6, 6.07) is 13.9. The molecule has 0 amide bonds. The number of carbonyl (C=O) groups excluding carboxylic acids is 1. The largest absolute Gasteiger partial charge is 0.465 e. The van der Waals surface area contributed by atoms with Gasteiger partial charge in [-0.3, -0.25) is 0 Å². The minimum absolute atomic E-state index is 0.0397. The van der Waals surface area contributed by atoms with E-state index in [4.69, 9.17) is 21.7 Å². The number of carbonyl (C=O) groups is 1. The molecule has 3 rings (SSSR count). The first-order valence-electron chi connectivity index (χ1n) is 9.67. The summed E-state index contributed by atoms with van der Waals surface area (Å²) in [5.74, 6) is -0.374. The fourth-order valence-corrected chi connectivity index (χ4v) is 3.52. The summed E-state index contributed by atoms with van der Waals surface area (Å²) in [6.45, 7) is 7.41. The van der Waals surface area contributed by atoms with Gasteiger partial charge in [0, 0.05) is 24.5 Å². The van der Waals surface area contributed by atoms with Crippen LogP contribution in [0.1, 0.15) is 34.5 Å². The molecule has 1 saturated heterocycles. The molecule has 7 heteroatoms. The molecule has 2 aromatic rings. The average Bonchev–Trinajstić information content (AvgIpc) is 2.75. The zero-order chi connectivity index (χ0) is 20.8. The summed E-state index contributed by atoms with van der Waals surface area (Å²) in [5.41, 5.74) is 4.60. The van der Waals surface area contributed by atoms with Crippen molar-refractivity contribution in [2.75, 3.05) is 43.6 Å². The first-order valence-corrected chi connectivity index (χ1v) is 10.1. The third-order valence-electron chi connectivity index (χ3n) is 5.02. The quantitative estimate of drug-likeness (QED) is 0.573. The van der Waals surface area contributed by atoms with Crippen molar-refractivity contribution < 1.29 is 14.3 Å². The van der Waals surface area contributed by atoms with Crippen molar-refractivity contribution in [2.45, 2.75) is 19.9 Å². The first-order chi connectivity index (χ1) is 14.0. The lowest BCUT2D eigenvalue weighted by atomic mass is 10.1. The van der Waals surface area contributed by atoms with Gasteiger partial charge in [0.15, 0.2) is 5.11 Å². The highest BCUT2D eigenvalue weighted by Gasteiger charge is 2.13. The third-order valence-corrected chi connectivity index (χ3v) is 5.24. The number of hydrogen-bond donors (Lipinski definition) is 2. The van der Waals surface area contributed by atoms with Crippen LogP contribution < -0.4 is 15.5 Å². The van der Waals surface area contributed by atoms with Crippen molar-refractivity contribution in [1.82, 2.24) is 5.32 Å². The molecule has 0 aromatic heterocycles. The molecule has 154 valence electrons. The zero-order valence-electron chi connectivity index (χ0n) is 17.0. The Kier molecular flexibility index (Phi) is 7.06. The van der Waals surface area contributed by atoms with Crippen molar-refractivity contribution in [1.29, 1.82) is 0 Å². The van der Waals surface area contributed by atoms with Gasteiger partial charge in [-0.2, -0.15) is 0 Å². The van der Waals surface area contributed by atoms with Gasteiger partial charge in [0.2, 0.25) is 0 Å². The fourth-order valence-electron chi connectivity index (χ4n) is 3.24. The predicted octanol–water partition coefficient (Wildman–Crippen LogP) is 3.67. The molecule has 1 heterocycles. The Labute approximate surface area is 177 Å². The fraction of sp³-hybridized carbons (Fsp3) is 0.364. The summed E-state index contributed by atoms with van der Waals surface area (Å²) in [6.07, 6.45) is 0. The standard InChI is InChI=1S/C22H27N3O3S/c1-15-4-5-18(21(26)27-3)14-20(15)24-22(29)23-16(2)17-6-8-19(9-7-17)25-10-12-28-13-11-25/h4-9,14,16H,10-13H2,1-3H3,(H2,23,24,29)/t16-/m0/s1. The van der Waals surface area contributed by atoms with E-state index in [2.05, 4.69) is 46.7 Å². The van der Waals surface area contributed by atoms with Crippen LogP contribution in [0.4, 0.5) is 11.4 Å². The average molecular weight is 414 g/mol. The molecule has 29 heavy (non-hydrogen) atoms. The second-order valence-corrected chi connectivity index (χ2v) is 7.44. The number of rotatable bonds is 5. The van der Waals surface area contributed by atoms with E-state index in [9.17, 15) is 4.79 Å². The monoisotopic (exact) mass is 413 g/mol. The number of nitrogens with one attached hydrogen (secondary N) is 2. The molecule has 1 fully saturated rings. The highest BCUT2D eigenvalue weighted by atomic mass is 32.1. The van der Waals surface area contributed by atoms with E-state index in [1.807, 2.05) is 13.0 Å². The number of benzene rings is 2. The molecule has 2 aromatic carbocycles. The van der Waals surface area contributed by atoms with E-state index < -0.39 is 0 Å². The van der Waals surface area contributed by atoms with Gasteiger partial charge in [-0.15, -0.1) is 0 Å². The van der Waals surface area contributed by atoms with Crippen LogP contribution in [-0.2, 0) is 9.47 Å². The third kappa shape index (κ3) is 5.46. The van der Waals surface area contributed by atoms with Crippen LogP contribution in [0.5, 0.6) is 0 Å². The van der Waals surface area contributed by atoms with Crippen LogP contribution in [-0.4, -0.2) is 44.5 Å². The highest BCUT2D eigenvalue weighted by Crippen LogP contribution is 2.21. The second kappa shape index (κ2) is 9.71. The number of methoxy groups -OCH3 is 1. The minimum atomic E-state index is -0.374. The second-order valence-electron chi connectivity index (χ2n) is 7.03. The summed E-state index contributed by atoms with van der Waals surface area (Å²) in [5, 5.41) is 6.99. The Morgan fingerprint density at radius 2 is 1.86 bits per heavy atom. The topological polar surface area (TPSA) is 62.8 Å². The highest BCUT2D eigenvalue weighted by molar-refractivity contribution is 7.80. The SMILES string of the molecule is COC(=O)c1ccc(C)c(NC(=S)N[C@@H](C)c2ccc(N3CCOCC3)cc2)c1. The van der Waals surface area contributed by atoms with E-state index >= 15 is 0 Å². The molecule has 1 aliphatic rings. The van der Waals surface area contributed by atoms with Gasteiger partial charge in [0.25, 0.3) is 0 Å². The number of esters is 1. The summed E-state index contributed by atoms with van der Waals surface area (Å²) < 4.78 is 10.2. The number of thiocarbonyl (C=S) groups is 1. The number of aryl methyl sites for hydroxylation is 1. The van der Waals surface area contributed by atoms with Gasteiger partial charge in [0.1, 0.15) is 0 Å². The number of anilines is 2. The maximum atomic E-state index is 11.8. The normalized spacial score (nSPS) is 14.8. The Balaban J connectivity index is 1.61. The van der Waals surface area contributed by atoms with Gasteiger partial charge in [-0.05, 0) is 61.5 Å². The molecule has 6 nitrogen and oxygen atoms in total. The Morgan fingerprint density at radius 3 is 2.52 bits per heavy atom. The number of hydrogen-bond acceptors (Lipinski definition) is 5. The molecule has 0 unspecified atom stereocenters. The van der Waals surface area contributed by atoms with Crippen LogP contribution in [0.3, 0.4) is 0 Å². The summed E-state index contributed by atoms with van der Waals surface area (Å²) in [4.78, 5) is 14.1. The van der Waals surface area contributed by atoms with Crippen molar-refractivity contribution in [3.63, 3.8) is 0 Å². The molecule has 0 saturated carbocycles. The molecule has 1 aliphatic heterocycles. The van der Waals surface area contributed by atoms with Crippen LogP contribution >= 0.6 is 12.2 Å². The Bertz CT molecular complexity index is 864. The summed E-state index contributed by atoms with van der Waals surface area (Å²) in [7, 11) is 1.37. The van der Waals surface area contributed by atoms with Crippen LogP contribution in [0.25, 0.3) is 0 Å². The van der Waals surface area contributed by atoms with Crippen LogP contribution in [0, 0.1) is 6.92 Å². The summed E-state index contributed by atoms with van der Waals surface area (Å²) >= 11 is 5.48. The van der Waals surface area contributed by atoms with E-state index in [-0.39, 0.29) is 12.0 Å². The molecule has 1 atom stereocenters. The number of ether oxygens (including phenoxy) is 2. The Morgan fingerprint density at radius 1 is 1.17 bits per heavy atom. The van der Waals surface area contributed by atoms with Gasteiger partial charge < -0.3 is 25.0 Å². The van der Waals surface area contributed by atoms with Crippen LogP contribution in [0.15, 0.2) is 42.5 Å². The first kappa shape index (κ1) is 21.1. The molecule has 2 N–H and O–H groups in total. The van der Waals surface area contributed by atoms with Gasteiger partial charge in [-0.25, -0.2) is 4.79 Å². The van der Waals surface area contributed by atoms with Crippen molar-refractivity contribution in [3.05, 3.63) is 59.2 Å². The molecular formula is C22H27N3O3S. The van der Waals surface area contributed by atoms with Gasteiger partial charge >= 0.3 is 5.97 Å². The maximum Gasteiger partial charge on any atom is 0.337 e. The lowest BCUT2D eigenvalue weighted by Gasteiger charge is -2.29. The molecular weight excluding hydrogens is 386 g/mol. The van der Waals surface area contributed by atoms with Gasteiger partial charge in [-0.1, -0.05) is 18.2 Å². The van der Waals surface area contributed by atoms with Crippen LogP contribution in [0.2, 0.25) is 0 Å². The lowest BCUT2D eigenvalue weighted by molar-refractivity contribution is 0.0601. The maximum absolute atomic E-state index is 11.8. The predicted molar refractivity (Wildman–Crippen MR) is 120 cm³/mol. The Hall–Kier alpha value is -2.64. The number of morpholine rings is 1. The lowest BCUT2D eigenvalue weighted by Crippen LogP contribution is -2.36. The molecule has 0 aliphatic carbocycles. The minimum Gasteiger partial charge on any atom is -0.465 e. The van der Waals surface area contributed by atoms with E-state index in [1.54, 1.807) is 12.1 Å². The molecule has 0 bridgehead atoms. The van der Waals surface area contributed by atoms with Crippen molar-refractivity contribution in [2.24, 2.45) is 0 Å². The van der Waals surface area contributed by atoms with Crippen molar-refractivity contribution >= 4 is 34.7 Å². The molecule has 0 spiro atoms. The van der Waals surface area contributed by atoms with Crippen molar-refractivity contribution in [3.8, 4) is 0 Å².